The highest BCUT2D eigenvalue weighted by Gasteiger charge is 2.36. The lowest BCUT2D eigenvalue weighted by atomic mass is 10.0. The number of fused-ring (bicyclic) bond motifs is 1. The molecule has 1 fully saturated rings. The summed E-state index contributed by atoms with van der Waals surface area (Å²) in [6.07, 6.45) is 1.10. The van der Waals surface area contributed by atoms with Crippen LogP contribution in [0.25, 0.3) is 0 Å². The van der Waals surface area contributed by atoms with E-state index in [0.717, 1.165) is 4.90 Å². The molecule has 2 N–H and O–H groups in total. The number of carbonyl (C=O) groups excluding carboxylic acids is 5. The van der Waals surface area contributed by atoms with Crippen molar-refractivity contribution >= 4 is 29.5 Å². The lowest BCUT2D eigenvalue weighted by molar-refractivity contribution is -0.131. The van der Waals surface area contributed by atoms with Crippen LogP contribution in [0.3, 0.4) is 0 Å². The molecule has 0 spiro atoms. The summed E-state index contributed by atoms with van der Waals surface area (Å²) in [5, 5.41) is 5.48. The van der Waals surface area contributed by atoms with Gasteiger partial charge in [0.25, 0.3) is 17.7 Å². The van der Waals surface area contributed by atoms with Crippen LogP contribution in [0.5, 0.6) is 0 Å². The second-order valence-corrected chi connectivity index (χ2v) is 8.01. The molecular weight excluding hydrogens is 424 g/mol. The van der Waals surface area contributed by atoms with E-state index in [-0.39, 0.29) is 30.9 Å². The first-order chi connectivity index (χ1) is 15.9. The zero-order valence-corrected chi connectivity index (χ0v) is 18.0. The zero-order valence-electron chi connectivity index (χ0n) is 18.0. The first-order valence-corrected chi connectivity index (χ1v) is 10.8. The molecule has 33 heavy (non-hydrogen) atoms. The highest BCUT2D eigenvalue weighted by Crippen LogP contribution is 2.22. The molecule has 0 aliphatic carbocycles. The molecule has 2 aliphatic rings. The molecule has 5 amide bonds. The number of nitrogens with zero attached hydrogens (tertiary/aromatic N) is 2. The number of rotatable bonds is 6. The molecule has 0 aromatic heterocycles. The van der Waals surface area contributed by atoms with Crippen LogP contribution in [0.1, 0.15) is 43.9 Å². The molecular formula is C24H24N4O5. The summed E-state index contributed by atoms with van der Waals surface area (Å²) in [6.45, 7) is 0.456. The maximum absolute atomic E-state index is 12.5. The van der Waals surface area contributed by atoms with Crippen LogP contribution in [0.4, 0.5) is 0 Å². The van der Waals surface area contributed by atoms with E-state index in [2.05, 4.69) is 10.6 Å². The number of benzene rings is 2. The van der Waals surface area contributed by atoms with Crippen molar-refractivity contribution in [3.63, 3.8) is 0 Å². The first-order valence-electron chi connectivity index (χ1n) is 10.8. The maximum Gasteiger partial charge on any atom is 0.262 e. The molecule has 1 saturated heterocycles. The van der Waals surface area contributed by atoms with E-state index in [4.69, 9.17) is 0 Å². The Morgan fingerprint density at radius 2 is 1.42 bits per heavy atom. The number of hydrogen-bond donors (Lipinski definition) is 2. The van der Waals surface area contributed by atoms with Gasteiger partial charge >= 0.3 is 0 Å². The Morgan fingerprint density at radius 3 is 2.03 bits per heavy atom. The molecule has 9 nitrogen and oxygen atoms in total. The standard InChI is InChI=1S/C24H24N4O5/c29-20(15-28-23(32)18-8-4-5-9-19(18)24(28)33)26-17-10-12-27(13-11-17)21(30)14-25-22(31)16-6-2-1-3-7-16/h1-9,17H,10-15H2,(H,25,31)(H,26,29). The summed E-state index contributed by atoms with van der Waals surface area (Å²) in [5.41, 5.74) is 1.10. The number of nitrogens with one attached hydrogen (secondary N) is 2. The summed E-state index contributed by atoms with van der Waals surface area (Å²) in [7, 11) is 0. The third kappa shape index (κ3) is 4.92. The van der Waals surface area contributed by atoms with Crippen molar-refractivity contribution in [3.8, 4) is 0 Å². The summed E-state index contributed by atoms with van der Waals surface area (Å²) in [4.78, 5) is 64.4. The van der Waals surface area contributed by atoms with Crippen LogP contribution in [0, 0.1) is 0 Å². The van der Waals surface area contributed by atoms with Gasteiger partial charge in [0.2, 0.25) is 11.8 Å². The number of carbonyl (C=O) groups is 5. The van der Waals surface area contributed by atoms with Crippen molar-refractivity contribution in [2.24, 2.45) is 0 Å². The molecule has 2 aromatic carbocycles. The fraction of sp³-hybridized carbons (Fsp3) is 0.292. The van der Waals surface area contributed by atoms with Crippen LogP contribution in [-0.2, 0) is 9.59 Å². The van der Waals surface area contributed by atoms with Gasteiger partial charge in [0.15, 0.2) is 0 Å². The van der Waals surface area contributed by atoms with Gasteiger partial charge in [-0.1, -0.05) is 30.3 Å². The van der Waals surface area contributed by atoms with Gasteiger partial charge in [-0.15, -0.1) is 0 Å². The molecule has 0 bridgehead atoms. The van der Waals surface area contributed by atoms with E-state index in [9.17, 15) is 24.0 Å². The molecule has 9 heteroatoms. The topological polar surface area (TPSA) is 116 Å². The minimum absolute atomic E-state index is 0.0928. The van der Waals surface area contributed by atoms with Crippen LogP contribution < -0.4 is 10.6 Å². The van der Waals surface area contributed by atoms with Gasteiger partial charge < -0.3 is 15.5 Å². The maximum atomic E-state index is 12.5. The van der Waals surface area contributed by atoms with Crippen LogP contribution >= 0.6 is 0 Å². The Hall–Kier alpha value is -4.01. The Balaban J connectivity index is 1.21. The van der Waals surface area contributed by atoms with E-state index in [1.54, 1.807) is 53.4 Å². The number of likely N-dealkylation sites (tertiary alicyclic amines) is 1. The second-order valence-electron chi connectivity index (χ2n) is 8.01. The zero-order chi connectivity index (χ0) is 23.4. The average Bonchev–Trinajstić information content (AvgIpc) is 3.08. The molecule has 2 aliphatic heterocycles. The van der Waals surface area contributed by atoms with Gasteiger partial charge in [0.1, 0.15) is 6.54 Å². The highest BCUT2D eigenvalue weighted by atomic mass is 16.2. The number of imide groups is 1. The molecule has 170 valence electrons. The van der Waals surface area contributed by atoms with Crippen LogP contribution in [-0.4, -0.2) is 71.6 Å². The number of piperidine rings is 1. The Kier molecular flexibility index (Phi) is 6.48. The summed E-state index contributed by atoms with van der Waals surface area (Å²) >= 11 is 0. The van der Waals surface area contributed by atoms with Gasteiger partial charge in [-0.05, 0) is 37.1 Å². The smallest absolute Gasteiger partial charge is 0.262 e. The lowest BCUT2D eigenvalue weighted by Crippen LogP contribution is -2.50. The van der Waals surface area contributed by atoms with Crippen molar-refractivity contribution in [3.05, 3.63) is 71.3 Å². The van der Waals surface area contributed by atoms with E-state index in [0.29, 0.717) is 42.6 Å². The van der Waals surface area contributed by atoms with E-state index < -0.39 is 17.7 Å². The van der Waals surface area contributed by atoms with Gasteiger partial charge in [0.05, 0.1) is 17.7 Å². The Labute approximate surface area is 190 Å². The summed E-state index contributed by atoms with van der Waals surface area (Å²) in [5.74, 6) is -1.84. The normalized spacial score (nSPS) is 15.9. The van der Waals surface area contributed by atoms with Crippen molar-refractivity contribution in [2.75, 3.05) is 26.2 Å². The van der Waals surface area contributed by atoms with Crippen LogP contribution in [0.2, 0.25) is 0 Å². The van der Waals surface area contributed by atoms with Crippen molar-refractivity contribution < 1.29 is 24.0 Å². The Morgan fingerprint density at radius 1 is 0.848 bits per heavy atom. The van der Waals surface area contributed by atoms with Gasteiger partial charge in [-0.3, -0.25) is 28.9 Å². The molecule has 0 unspecified atom stereocenters. The monoisotopic (exact) mass is 448 g/mol. The quantitative estimate of drug-likeness (QED) is 0.635. The summed E-state index contributed by atoms with van der Waals surface area (Å²) < 4.78 is 0. The Bertz CT molecular complexity index is 1060. The minimum Gasteiger partial charge on any atom is -0.352 e. The largest absolute Gasteiger partial charge is 0.352 e. The molecule has 2 heterocycles. The second kappa shape index (κ2) is 9.64. The lowest BCUT2D eigenvalue weighted by Gasteiger charge is -2.32. The number of hydrogen-bond acceptors (Lipinski definition) is 5. The average molecular weight is 448 g/mol. The number of amides is 5. The SMILES string of the molecule is O=C(CN1C(=O)c2ccccc2C1=O)NC1CCN(C(=O)CNC(=O)c2ccccc2)CC1. The van der Waals surface area contributed by atoms with E-state index in [1.165, 1.54) is 0 Å². The molecule has 0 atom stereocenters. The van der Waals surface area contributed by atoms with Gasteiger partial charge in [-0.25, -0.2) is 0 Å². The molecule has 2 aromatic rings. The van der Waals surface area contributed by atoms with Gasteiger partial charge in [0, 0.05) is 24.7 Å². The third-order valence-corrected chi connectivity index (χ3v) is 5.83. The molecule has 0 saturated carbocycles. The summed E-state index contributed by atoms with van der Waals surface area (Å²) in [6, 6.07) is 15.0. The third-order valence-electron chi connectivity index (χ3n) is 5.83. The van der Waals surface area contributed by atoms with E-state index in [1.807, 2.05) is 6.07 Å². The van der Waals surface area contributed by atoms with Crippen molar-refractivity contribution in [1.82, 2.24) is 20.4 Å². The predicted molar refractivity (Wildman–Crippen MR) is 118 cm³/mol. The van der Waals surface area contributed by atoms with Crippen molar-refractivity contribution in [2.45, 2.75) is 18.9 Å². The fourth-order valence-electron chi connectivity index (χ4n) is 4.03. The molecule has 4 rings (SSSR count). The fourth-order valence-corrected chi connectivity index (χ4v) is 4.03. The minimum atomic E-state index is -0.469. The van der Waals surface area contributed by atoms with Crippen LogP contribution in [0.15, 0.2) is 54.6 Å². The molecule has 0 radical (unpaired) electrons. The highest BCUT2D eigenvalue weighted by molar-refractivity contribution is 6.22. The predicted octanol–water partition coefficient (Wildman–Crippen LogP) is 0.820. The van der Waals surface area contributed by atoms with E-state index >= 15 is 0 Å². The van der Waals surface area contributed by atoms with Crippen molar-refractivity contribution in [1.29, 1.82) is 0 Å². The first kappa shape index (κ1) is 22.2. The van der Waals surface area contributed by atoms with Gasteiger partial charge in [-0.2, -0.15) is 0 Å².